The van der Waals surface area contributed by atoms with Crippen LogP contribution in [0.5, 0.6) is 0 Å². The molecule has 0 aliphatic heterocycles. The SMILES string of the molecule is CCc1cccc(CC)c1N=C(C)c1cccc(C(C)=Nc2c(CC)cccc2CC)n1.CCc1cccc(CC)c1N=C(C)c1cccc(C(C)=Nc2c(CC)cccc2CC)n1.N#N.N#N.N#N.[Fe].[Fe]. The van der Waals surface area contributed by atoms with Crippen molar-refractivity contribution in [2.45, 2.75) is 134 Å². The first-order chi connectivity index (χ1) is 34.0. The molecule has 4 aromatic carbocycles. The Morgan fingerprint density at radius 2 is 0.431 bits per heavy atom. The zero-order valence-electron chi connectivity index (χ0n) is 44.1. The second kappa shape index (κ2) is 35.3. The normalized spacial score (nSPS) is 11.0. The van der Waals surface area contributed by atoms with Gasteiger partial charge in [-0.15, -0.1) is 0 Å². The molecule has 0 spiro atoms. The molecule has 0 N–H and O–H groups in total. The Morgan fingerprint density at radius 3 is 0.569 bits per heavy atom. The Bertz CT molecular complexity index is 2360. The van der Waals surface area contributed by atoms with Crippen LogP contribution in [0.2, 0.25) is 0 Å². The van der Waals surface area contributed by atoms with E-state index in [4.69, 9.17) is 62.3 Å². The maximum Gasteiger partial charge on any atom is 0.0849 e. The van der Waals surface area contributed by atoms with Crippen LogP contribution in [0.3, 0.4) is 0 Å². The minimum atomic E-state index is 0. The molecule has 6 rings (SSSR count). The van der Waals surface area contributed by atoms with Gasteiger partial charge in [-0.1, -0.05) is 140 Å². The van der Waals surface area contributed by atoms with Gasteiger partial charge in [0, 0.05) is 66.5 Å². The fourth-order valence-corrected chi connectivity index (χ4v) is 8.01. The Hall–Kier alpha value is -6.84. The van der Waals surface area contributed by atoms with Gasteiger partial charge in [0.25, 0.3) is 0 Å². The standard InChI is InChI=1S/2C29H35N3.2Fe.3N2/c2*1-7-22-14-11-15-23(8-2)28(22)30-20(5)26-18-13-19-27(32-26)21(6)31-29-24(9-3)16-12-17-25(29)10-4;;;3*1-2/h2*11-19H,7-10H2,1-6H3;;;;;. The first-order valence-corrected chi connectivity index (χ1v) is 24.2. The fraction of sp³-hybridized carbons (Fsp3) is 0.345. The summed E-state index contributed by atoms with van der Waals surface area (Å²) in [5, 5.41) is 36.0. The van der Waals surface area contributed by atoms with Gasteiger partial charge < -0.3 is 0 Å². The van der Waals surface area contributed by atoms with E-state index in [2.05, 4.69) is 140 Å². The van der Waals surface area contributed by atoms with E-state index < -0.39 is 0 Å². The number of hydrogen-bond acceptors (Lipinski definition) is 12. The molecule has 0 unspecified atom stereocenters. The number of aryl methyl sites for hydroxylation is 8. The first kappa shape index (κ1) is 65.2. The van der Waals surface area contributed by atoms with Gasteiger partial charge in [0.2, 0.25) is 0 Å². The summed E-state index contributed by atoms with van der Waals surface area (Å²) >= 11 is 0. The molecule has 12 nitrogen and oxygen atoms in total. The third kappa shape index (κ3) is 17.8. The minimum absolute atomic E-state index is 0. The Labute approximate surface area is 450 Å². The van der Waals surface area contributed by atoms with Crippen molar-refractivity contribution < 1.29 is 34.1 Å². The van der Waals surface area contributed by atoms with E-state index in [1.165, 1.54) is 44.5 Å². The summed E-state index contributed by atoms with van der Waals surface area (Å²) in [4.78, 5) is 29.9. The monoisotopic (exact) mass is 1050 g/mol. The Morgan fingerprint density at radius 1 is 0.292 bits per heavy atom. The smallest absolute Gasteiger partial charge is 0.0849 e. The van der Waals surface area contributed by atoms with Gasteiger partial charge in [0.05, 0.1) is 68.4 Å². The molecule has 0 amide bonds. The van der Waals surface area contributed by atoms with E-state index in [9.17, 15) is 0 Å². The molecule has 0 aliphatic carbocycles. The molecule has 378 valence electrons. The van der Waals surface area contributed by atoms with Gasteiger partial charge >= 0.3 is 0 Å². The number of aliphatic imine (C=N–C) groups is 4. The molecule has 6 aromatic rings. The van der Waals surface area contributed by atoms with Gasteiger partial charge in [0.15, 0.2) is 0 Å². The molecular formula is C58H70Fe2N12. The van der Waals surface area contributed by atoms with Crippen molar-refractivity contribution in [1.29, 1.82) is 32.4 Å². The van der Waals surface area contributed by atoms with Crippen LogP contribution in [0, 0.1) is 32.4 Å². The van der Waals surface area contributed by atoms with E-state index in [1.807, 2.05) is 52.0 Å². The van der Waals surface area contributed by atoms with Crippen LogP contribution in [-0.2, 0) is 85.5 Å². The summed E-state index contributed by atoms with van der Waals surface area (Å²) in [7, 11) is 0. The molecule has 0 radical (unpaired) electrons. The van der Waals surface area contributed by atoms with Gasteiger partial charge in [-0.25, -0.2) is 9.97 Å². The number of rotatable bonds is 16. The Kier molecular flexibility index (Phi) is 31.9. The largest absolute Gasteiger partial charge is 0.251 e. The quantitative estimate of drug-likeness (QED) is 0.0514. The van der Waals surface area contributed by atoms with Gasteiger partial charge in [-0.2, -0.15) is 0 Å². The molecule has 2 heterocycles. The van der Waals surface area contributed by atoms with Crippen LogP contribution in [-0.4, -0.2) is 32.8 Å². The van der Waals surface area contributed by atoms with Crippen molar-refractivity contribution in [3.8, 4) is 0 Å². The van der Waals surface area contributed by atoms with E-state index in [0.717, 1.165) is 120 Å². The average molecular weight is 1050 g/mol. The van der Waals surface area contributed by atoms with Crippen LogP contribution >= 0.6 is 0 Å². The molecule has 0 saturated carbocycles. The average Bonchev–Trinajstić information content (AvgIpc) is 3.42. The molecule has 0 fully saturated rings. The number of para-hydroxylation sites is 4. The summed E-state index contributed by atoms with van der Waals surface area (Å²) in [5.74, 6) is 0. The van der Waals surface area contributed by atoms with Gasteiger partial charge in [0.1, 0.15) is 0 Å². The third-order valence-corrected chi connectivity index (χ3v) is 12.0. The second-order valence-corrected chi connectivity index (χ2v) is 16.1. The van der Waals surface area contributed by atoms with Gasteiger partial charge in [-0.05, 0) is 148 Å². The zero-order valence-corrected chi connectivity index (χ0v) is 46.3. The first-order valence-electron chi connectivity index (χ1n) is 24.2. The van der Waals surface area contributed by atoms with E-state index in [-0.39, 0.29) is 34.1 Å². The van der Waals surface area contributed by atoms with Crippen molar-refractivity contribution in [2.75, 3.05) is 0 Å². The van der Waals surface area contributed by atoms with Crippen molar-refractivity contribution in [3.05, 3.63) is 176 Å². The van der Waals surface area contributed by atoms with Crippen molar-refractivity contribution in [1.82, 2.24) is 9.97 Å². The number of nitrogens with zero attached hydrogens (tertiary/aromatic N) is 12. The predicted octanol–water partition coefficient (Wildman–Crippen LogP) is 15.3. The van der Waals surface area contributed by atoms with E-state index in [0.29, 0.717) is 0 Å². The molecule has 0 atom stereocenters. The predicted molar refractivity (Wildman–Crippen MR) is 287 cm³/mol. The number of aromatic nitrogens is 2. The van der Waals surface area contributed by atoms with Crippen molar-refractivity contribution in [3.63, 3.8) is 0 Å². The number of benzene rings is 4. The van der Waals surface area contributed by atoms with Crippen molar-refractivity contribution in [2.24, 2.45) is 20.0 Å². The third-order valence-electron chi connectivity index (χ3n) is 12.0. The minimum Gasteiger partial charge on any atom is -0.251 e. The maximum atomic E-state index is 6.00. The van der Waals surface area contributed by atoms with Crippen LogP contribution in [0.4, 0.5) is 22.7 Å². The summed E-state index contributed by atoms with van der Waals surface area (Å²) in [6, 6.07) is 38.1. The van der Waals surface area contributed by atoms with Crippen LogP contribution in [0.1, 0.15) is 150 Å². The maximum absolute atomic E-state index is 6.00. The number of pyridine rings is 2. The molecule has 0 saturated heterocycles. The molecule has 0 aliphatic rings. The molecule has 72 heavy (non-hydrogen) atoms. The summed E-state index contributed by atoms with van der Waals surface area (Å²) in [6.45, 7) is 25.6. The fourth-order valence-electron chi connectivity index (χ4n) is 8.01. The molecule has 2 aromatic heterocycles. The van der Waals surface area contributed by atoms with Crippen molar-refractivity contribution >= 4 is 45.6 Å². The van der Waals surface area contributed by atoms with Crippen LogP contribution < -0.4 is 0 Å². The topological polar surface area (TPSA) is 218 Å². The number of hydrogen-bond donors (Lipinski definition) is 0. The molecule has 0 bridgehead atoms. The summed E-state index contributed by atoms with van der Waals surface area (Å²) < 4.78 is 0. The van der Waals surface area contributed by atoms with Crippen LogP contribution in [0.15, 0.2) is 129 Å². The van der Waals surface area contributed by atoms with E-state index in [1.54, 1.807) is 0 Å². The van der Waals surface area contributed by atoms with Crippen LogP contribution in [0.25, 0.3) is 0 Å². The van der Waals surface area contributed by atoms with E-state index >= 15 is 0 Å². The second-order valence-electron chi connectivity index (χ2n) is 16.1. The van der Waals surface area contributed by atoms with Gasteiger partial charge in [-0.3, -0.25) is 20.0 Å². The zero-order chi connectivity index (χ0) is 52.2. The Balaban J connectivity index is 0.00000124. The molecular weight excluding hydrogens is 976 g/mol. The molecule has 14 heteroatoms. The summed E-state index contributed by atoms with van der Waals surface area (Å²) in [5.41, 5.74) is 21.9. The summed E-state index contributed by atoms with van der Waals surface area (Å²) in [6.07, 6.45) is 7.74.